The number of hydrogen-bond acceptors (Lipinski definition) is 1. The molecule has 1 aliphatic carbocycles. The van der Waals surface area contributed by atoms with E-state index in [9.17, 15) is 4.79 Å². The molecule has 0 fully saturated rings. The molecule has 1 rings (SSSR count). The molecule has 0 unspecified atom stereocenters. The van der Waals surface area contributed by atoms with Crippen molar-refractivity contribution in [2.45, 2.75) is 33.1 Å². The molecule has 0 aromatic rings. The Bertz CT molecular complexity index is 251. The van der Waals surface area contributed by atoms with Crippen LogP contribution in [0.2, 0.25) is 0 Å². The zero-order chi connectivity index (χ0) is 10.4. The molecule has 2 nitrogen and oxygen atoms in total. The van der Waals surface area contributed by atoms with Crippen molar-refractivity contribution in [3.8, 4) is 0 Å². The topological polar surface area (TPSA) is 29.1 Å². The van der Waals surface area contributed by atoms with Crippen LogP contribution in [0.15, 0.2) is 23.8 Å². The summed E-state index contributed by atoms with van der Waals surface area (Å²) in [6.45, 7) is 4.58. The second-order valence-electron chi connectivity index (χ2n) is 3.95. The first-order valence-corrected chi connectivity index (χ1v) is 5.33. The van der Waals surface area contributed by atoms with Crippen LogP contribution in [0.1, 0.15) is 33.1 Å². The van der Waals surface area contributed by atoms with Crippen LogP contribution in [0.25, 0.3) is 0 Å². The Morgan fingerprint density at radius 1 is 1.50 bits per heavy atom. The van der Waals surface area contributed by atoms with Gasteiger partial charge in [-0.25, -0.2) is 0 Å². The monoisotopic (exact) mass is 193 g/mol. The van der Waals surface area contributed by atoms with Gasteiger partial charge in [-0.15, -0.1) is 0 Å². The quantitative estimate of drug-likeness (QED) is 0.730. The predicted molar refractivity (Wildman–Crippen MR) is 58.9 cm³/mol. The van der Waals surface area contributed by atoms with Crippen molar-refractivity contribution in [1.29, 1.82) is 0 Å². The van der Waals surface area contributed by atoms with E-state index in [1.807, 2.05) is 13.8 Å². The van der Waals surface area contributed by atoms with Gasteiger partial charge in [-0.2, -0.15) is 0 Å². The SMILES string of the molecule is CC(C)C(=O)NCCC1=CCCC=C1. The summed E-state index contributed by atoms with van der Waals surface area (Å²) in [7, 11) is 0. The fourth-order valence-corrected chi connectivity index (χ4v) is 1.39. The van der Waals surface area contributed by atoms with Crippen LogP contribution in [-0.2, 0) is 4.79 Å². The Balaban J connectivity index is 2.18. The fraction of sp³-hybridized carbons (Fsp3) is 0.583. The number of hydrogen-bond donors (Lipinski definition) is 1. The van der Waals surface area contributed by atoms with E-state index in [4.69, 9.17) is 0 Å². The first kappa shape index (κ1) is 11.0. The molecule has 14 heavy (non-hydrogen) atoms. The van der Waals surface area contributed by atoms with E-state index in [0.717, 1.165) is 25.8 Å². The van der Waals surface area contributed by atoms with Gasteiger partial charge in [-0.3, -0.25) is 4.79 Å². The molecule has 0 aromatic carbocycles. The minimum Gasteiger partial charge on any atom is -0.356 e. The average Bonchev–Trinajstić information content (AvgIpc) is 2.19. The van der Waals surface area contributed by atoms with E-state index in [1.54, 1.807) is 0 Å². The first-order chi connectivity index (χ1) is 6.70. The van der Waals surface area contributed by atoms with Crippen LogP contribution in [-0.4, -0.2) is 12.5 Å². The van der Waals surface area contributed by atoms with Crippen LogP contribution < -0.4 is 5.32 Å². The van der Waals surface area contributed by atoms with E-state index in [0.29, 0.717) is 0 Å². The molecule has 1 N–H and O–H groups in total. The van der Waals surface area contributed by atoms with Crippen molar-refractivity contribution in [1.82, 2.24) is 5.32 Å². The van der Waals surface area contributed by atoms with Crippen molar-refractivity contribution in [3.05, 3.63) is 23.8 Å². The molecule has 0 aromatic heterocycles. The van der Waals surface area contributed by atoms with E-state index in [-0.39, 0.29) is 11.8 Å². The highest BCUT2D eigenvalue weighted by Gasteiger charge is 2.05. The van der Waals surface area contributed by atoms with Crippen LogP contribution >= 0.6 is 0 Å². The van der Waals surface area contributed by atoms with Gasteiger partial charge < -0.3 is 5.32 Å². The molecule has 1 aliphatic rings. The van der Waals surface area contributed by atoms with E-state index < -0.39 is 0 Å². The van der Waals surface area contributed by atoms with Crippen molar-refractivity contribution in [3.63, 3.8) is 0 Å². The second kappa shape index (κ2) is 5.63. The Labute approximate surface area is 86.1 Å². The third-order valence-electron chi connectivity index (χ3n) is 2.31. The minimum absolute atomic E-state index is 0.0888. The van der Waals surface area contributed by atoms with Gasteiger partial charge >= 0.3 is 0 Å². The highest BCUT2D eigenvalue weighted by Crippen LogP contribution is 2.12. The van der Waals surface area contributed by atoms with Gasteiger partial charge in [0.15, 0.2) is 0 Å². The summed E-state index contributed by atoms with van der Waals surface area (Å²) < 4.78 is 0. The third-order valence-corrected chi connectivity index (χ3v) is 2.31. The van der Waals surface area contributed by atoms with Gasteiger partial charge in [0.1, 0.15) is 0 Å². The van der Waals surface area contributed by atoms with Crippen LogP contribution in [0, 0.1) is 5.92 Å². The highest BCUT2D eigenvalue weighted by molar-refractivity contribution is 5.77. The lowest BCUT2D eigenvalue weighted by atomic mass is 10.0. The second-order valence-corrected chi connectivity index (χ2v) is 3.95. The molecule has 0 spiro atoms. The molecule has 0 saturated heterocycles. The van der Waals surface area contributed by atoms with E-state index >= 15 is 0 Å². The summed E-state index contributed by atoms with van der Waals surface area (Å²) in [6.07, 6.45) is 9.85. The summed E-state index contributed by atoms with van der Waals surface area (Å²) in [5.41, 5.74) is 1.35. The van der Waals surface area contributed by atoms with Gasteiger partial charge in [0.2, 0.25) is 5.91 Å². The minimum atomic E-state index is 0.0888. The number of allylic oxidation sites excluding steroid dienone is 3. The third kappa shape index (κ3) is 3.77. The van der Waals surface area contributed by atoms with E-state index in [2.05, 4.69) is 23.5 Å². The molecule has 0 radical (unpaired) electrons. The molecule has 78 valence electrons. The Kier molecular flexibility index (Phi) is 4.44. The fourth-order valence-electron chi connectivity index (χ4n) is 1.39. The van der Waals surface area contributed by atoms with E-state index in [1.165, 1.54) is 5.57 Å². The van der Waals surface area contributed by atoms with Crippen LogP contribution in [0.5, 0.6) is 0 Å². The molecule has 1 amide bonds. The predicted octanol–water partition coefficient (Wildman–Crippen LogP) is 2.43. The number of carbonyl (C=O) groups excluding carboxylic acids is 1. The van der Waals surface area contributed by atoms with Crippen LogP contribution in [0.3, 0.4) is 0 Å². The van der Waals surface area contributed by atoms with Gasteiger partial charge in [0, 0.05) is 12.5 Å². The number of amides is 1. The van der Waals surface area contributed by atoms with Crippen LogP contribution in [0.4, 0.5) is 0 Å². The highest BCUT2D eigenvalue weighted by atomic mass is 16.1. The average molecular weight is 193 g/mol. The Hall–Kier alpha value is -1.05. The van der Waals surface area contributed by atoms with Crippen molar-refractivity contribution < 1.29 is 4.79 Å². The number of nitrogens with one attached hydrogen (secondary N) is 1. The smallest absolute Gasteiger partial charge is 0.222 e. The zero-order valence-electron chi connectivity index (χ0n) is 9.05. The molecular weight excluding hydrogens is 174 g/mol. The summed E-state index contributed by atoms with van der Waals surface area (Å²) in [6, 6.07) is 0. The van der Waals surface area contributed by atoms with Gasteiger partial charge in [0.25, 0.3) is 0 Å². The Morgan fingerprint density at radius 2 is 2.29 bits per heavy atom. The molecular formula is C12H19NO. The molecule has 0 atom stereocenters. The lowest BCUT2D eigenvalue weighted by Gasteiger charge is -2.09. The molecule has 0 heterocycles. The number of carbonyl (C=O) groups is 1. The number of rotatable bonds is 4. The van der Waals surface area contributed by atoms with Crippen molar-refractivity contribution in [2.24, 2.45) is 5.92 Å². The molecule has 2 heteroatoms. The summed E-state index contributed by atoms with van der Waals surface area (Å²) in [5.74, 6) is 0.233. The van der Waals surface area contributed by atoms with Gasteiger partial charge in [-0.05, 0) is 19.3 Å². The lowest BCUT2D eigenvalue weighted by molar-refractivity contribution is -0.123. The van der Waals surface area contributed by atoms with Gasteiger partial charge in [0.05, 0.1) is 0 Å². The van der Waals surface area contributed by atoms with Crippen molar-refractivity contribution >= 4 is 5.91 Å². The zero-order valence-corrected chi connectivity index (χ0v) is 9.05. The maximum absolute atomic E-state index is 11.2. The maximum Gasteiger partial charge on any atom is 0.222 e. The summed E-state index contributed by atoms with van der Waals surface area (Å²) in [4.78, 5) is 11.2. The Morgan fingerprint density at radius 3 is 2.86 bits per heavy atom. The molecule has 0 saturated carbocycles. The first-order valence-electron chi connectivity index (χ1n) is 5.33. The standard InChI is InChI=1S/C12H19NO/c1-10(2)12(14)13-9-8-11-6-4-3-5-7-11/h4,6-7,10H,3,5,8-9H2,1-2H3,(H,13,14). The lowest BCUT2D eigenvalue weighted by Crippen LogP contribution is -2.28. The van der Waals surface area contributed by atoms with Crippen molar-refractivity contribution in [2.75, 3.05) is 6.54 Å². The molecule has 0 aliphatic heterocycles. The summed E-state index contributed by atoms with van der Waals surface area (Å²) in [5, 5.41) is 2.92. The summed E-state index contributed by atoms with van der Waals surface area (Å²) >= 11 is 0. The maximum atomic E-state index is 11.2. The normalized spacial score (nSPS) is 15.5. The molecule has 0 bridgehead atoms. The van der Waals surface area contributed by atoms with Gasteiger partial charge in [-0.1, -0.05) is 37.6 Å². The largest absolute Gasteiger partial charge is 0.356 e.